The zero-order valence-corrected chi connectivity index (χ0v) is 17.0. The van der Waals surface area contributed by atoms with Crippen molar-refractivity contribution < 1.29 is 19.0 Å². The van der Waals surface area contributed by atoms with Gasteiger partial charge in [0.1, 0.15) is 12.4 Å². The normalized spacial score (nSPS) is 14.6. The highest BCUT2D eigenvalue weighted by Gasteiger charge is 2.11. The summed E-state index contributed by atoms with van der Waals surface area (Å²) in [6, 6.07) is 15.6. The van der Waals surface area contributed by atoms with Crippen LogP contribution in [-0.4, -0.2) is 33.6 Å². The molecule has 2 aromatic rings. The summed E-state index contributed by atoms with van der Waals surface area (Å²) in [5.74, 6) is 2.40. The Labute approximate surface area is 172 Å². The lowest BCUT2D eigenvalue weighted by molar-refractivity contribution is 0.0833. The molecule has 0 saturated carbocycles. The number of ether oxygens (including phenoxy) is 3. The van der Waals surface area contributed by atoms with Crippen LogP contribution in [0.15, 0.2) is 66.1 Å². The summed E-state index contributed by atoms with van der Waals surface area (Å²) in [5.41, 5.74) is 2.06. The van der Waals surface area contributed by atoms with E-state index in [1.54, 1.807) is 7.11 Å². The first-order chi connectivity index (χ1) is 14.2. The summed E-state index contributed by atoms with van der Waals surface area (Å²) < 4.78 is 16.4. The first kappa shape index (κ1) is 20.7. The van der Waals surface area contributed by atoms with Gasteiger partial charge >= 0.3 is 0 Å². The highest BCUT2D eigenvalue weighted by molar-refractivity contribution is 5.60. The van der Waals surface area contributed by atoms with E-state index < -0.39 is 0 Å². The largest absolute Gasteiger partial charge is 0.489 e. The van der Waals surface area contributed by atoms with E-state index in [4.69, 9.17) is 19.0 Å². The van der Waals surface area contributed by atoms with Gasteiger partial charge in [-0.2, -0.15) is 0 Å². The lowest BCUT2D eigenvalue weighted by Crippen LogP contribution is -2.16. The van der Waals surface area contributed by atoms with E-state index in [2.05, 4.69) is 11.7 Å². The Morgan fingerprint density at radius 2 is 1.90 bits per heavy atom. The van der Waals surface area contributed by atoms with Crippen molar-refractivity contribution in [1.29, 1.82) is 0 Å². The zero-order valence-electron chi connectivity index (χ0n) is 17.0. The van der Waals surface area contributed by atoms with Gasteiger partial charge in [0.05, 0.1) is 7.11 Å². The third kappa shape index (κ3) is 6.26. The van der Waals surface area contributed by atoms with Crippen LogP contribution in [0.5, 0.6) is 11.5 Å². The van der Waals surface area contributed by atoms with E-state index in [0.717, 1.165) is 43.1 Å². The SMILES string of the molecule is C=C(OC)N(C)c1ccc(COc2cccc(O/N=C\C3CCOCC3)c2)cc1. The van der Waals surface area contributed by atoms with Gasteiger partial charge in [-0.15, -0.1) is 0 Å². The van der Waals surface area contributed by atoms with Crippen molar-refractivity contribution in [3.8, 4) is 11.5 Å². The Kier molecular flexibility index (Phi) is 7.53. The van der Waals surface area contributed by atoms with Crippen LogP contribution >= 0.6 is 0 Å². The van der Waals surface area contributed by atoms with Gasteiger partial charge in [0.25, 0.3) is 0 Å². The van der Waals surface area contributed by atoms with Crippen LogP contribution in [0.2, 0.25) is 0 Å². The number of oxime groups is 1. The number of anilines is 1. The van der Waals surface area contributed by atoms with Gasteiger partial charge in [0.2, 0.25) is 0 Å². The Hall–Kier alpha value is -2.99. The van der Waals surface area contributed by atoms with Crippen molar-refractivity contribution >= 4 is 11.9 Å². The molecule has 0 amide bonds. The molecule has 0 unspecified atom stereocenters. The zero-order chi connectivity index (χ0) is 20.5. The second kappa shape index (κ2) is 10.5. The fourth-order valence-corrected chi connectivity index (χ4v) is 2.93. The van der Waals surface area contributed by atoms with Gasteiger partial charge in [-0.1, -0.05) is 23.4 Å². The molecule has 2 aromatic carbocycles. The summed E-state index contributed by atoms with van der Waals surface area (Å²) in [6.07, 6.45) is 3.85. The minimum absolute atomic E-state index is 0.422. The Morgan fingerprint density at radius 3 is 2.62 bits per heavy atom. The van der Waals surface area contributed by atoms with E-state index in [1.165, 1.54) is 0 Å². The molecule has 1 aliphatic rings. The summed E-state index contributed by atoms with van der Waals surface area (Å²) in [5, 5.41) is 4.11. The molecule has 6 heteroatoms. The van der Waals surface area contributed by atoms with Gasteiger partial charge in [0.15, 0.2) is 11.6 Å². The predicted molar refractivity (Wildman–Crippen MR) is 114 cm³/mol. The highest BCUT2D eigenvalue weighted by Crippen LogP contribution is 2.22. The molecule has 29 heavy (non-hydrogen) atoms. The molecule has 1 aliphatic heterocycles. The van der Waals surface area contributed by atoms with E-state index >= 15 is 0 Å². The first-order valence-electron chi connectivity index (χ1n) is 9.72. The third-order valence-electron chi connectivity index (χ3n) is 4.84. The van der Waals surface area contributed by atoms with E-state index in [1.807, 2.05) is 66.7 Å². The smallest absolute Gasteiger partial charge is 0.185 e. The average molecular weight is 396 g/mol. The van der Waals surface area contributed by atoms with Crippen molar-refractivity contribution in [1.82, 2.24) is 0 Å². The average Bonchev–Trinajstić information content (AvgIpc) is 2.78. The number of benzene rings is 2. The summed E-state index contributed by atoms with van der Waals surface area (Å²) in [4.78, 5) is 7.38. The molecule has 0 radical (unpaired) electrons. The maximum absolute atomic E-state index is 5.89. The van der Waals surface area contributed by atoms with Gasteiger partial charge in [-0.05, 0) is 49.2 Å². The molecule has 3 rings (SSSR count). The molecule has 0 spiro atoms. The maximum Gasteiger partial charge on any atom is 0.185 e. The van der Waals surface area contributed by atoms with Crippen LogP contribution < -0.4 is 14.5 Å². The van der Waals surface area contributed by atoms with Crippen molar-refractivity contribution in [2.45, 2.75) is 19.4 Å². The van der Waals surface area contributed by atoms with Gasteiger partial charge in [-0.25, -0.2) is 0 Å². The number of methoxy groups -OCH3 is 1. The van der Waals surface area contributed by atoms with Crippen LogP contribution in [0.25, 0.3) is 0 Å². The summed E-state index contributed by atoms with van der Waals surface area (Å²) in [6.45, 7) is 5.90. The van der Waals surface area contributed by atoms with Crippen molar-refractivity contribution in [3.63, 3.8) is 0 Å². The van der Waals surface area contributed by atoms with Crippen LogP contribution in [0.1, 0.15) is 18.4 Å². The Balaban J connectivity index is 1.51. The molecule has 1 heterocycles. The quantitative estimate of drug-likeness (QED) is 0.352. The molecule has 154 valence electrons. The Morgan fingerprint density at radius 1 is 1.17 bits per heavy atom. The van der Waals surface area contributed by atoms with Crippen LogP contribution in [-0.2, 0) is 16.1 Å². The van der Waals surface area contributed by atoms with Crippen LogP contribution in [0.4, 0.5) is 5.69 Å². The van der Waals surface area contributed by atoms with Crippen molar-refractivity contribution in [2.75, 3.05) is 32.3 Å². The molecule has 0 aliphatic carbocycles. The summed E-state index contributed by atoms with van der Waals surface area (Å²) >= 11 is 0. The fraction of sp³-hybridized carbons (Fsp3) is 0.348. The van der Waals surface area contributed by atoms with Crippen molar-refractivity contribution in [3.05, 3.63) is 66.6 Å². The van der Waals surface area contributed by atoms with E-state index in [9.17, 15) is 0 Å². The second-order valence-electron chi connectivity index (χ2n) is 6.88. The molecule has 6 nitrogen and oxygen atoms in total. The molecule has 0 N–H and O–H groups in total. The second-order valence-corrected chi connectivity index (χ2v) is 6.88. The van der Waals surface area contributed by atoms with E-state index in [0.29, 0.717) is 24.2 Å². The predicted octanol–water partition coefficient (Wildman–Crippen LogP) is 4.61. The van der Waals surface area contributed by atoms with E-state index in [-0.39, 0.29) is 0 Å². The molecule has 0 aromatic heterocycles. The van der Waals surface area contributed by atoms with Crippen molar-refractivity contribution in [2.24, 2.45) is 11.1 Å². The van der Waals surface area contributed by atoms with Gasteiger partial charge < -0.3 is 23.9 Å². The highest BCUT2D eigenvalue weighted by atomic mass is 16.6. The lowest BCUT2D eigenvalue weighted by atomic mass is 10.0. The maximum atomic E-state index is 5.89. The molecular formula is C23H28N2O4. The Bertz CT molecular complexity index is 814. The minimum Gasteiger partial charge on any atom is -0.489 e. The minimum atomic E-state index is 0.422. The van der Waals surface area contributed by atoms with Gasteiger partial charge in [0, 0.05) is 44.1 Å². The molecule has 0 atom stereocenters. The number of nitrogens with zero attached hydrogens (tertiary/aromatic N) is 2. The third-order valence-corrected chi connectivity index (χ3v) is 4.84. The first-order valence-corrected chi connectivity index (χ1v) is 9.72. The number of hydrogen-bond donors (Lipinski definition) is 0. The number of rotatable bonds is 9. The fourth-order valence-electron chi connectivity index (χ4n) is 2.93. The molecule has 1 fully saturated rings. The molecule has 0 bridgehead atoms. The lowest BCUT2D eigenvalue weighted by Gasteiger charge is -2.20. The molecular weight excluding hydrogens is 368 g/mol. The monoisotopic (exact) mass is 396 g/mol. The van der Waals surface area contributed by atoms with Gasteiger partial charge in [-0.3, -0.25) is 0 Å². The standard InChI is InChI=1S/C23H28N2O4/c1-18(26-3)25(2)21-9-7-20(8-10-21)17-28-22-5-4-6-23(15-22)29-24-16-19-11-13-27-14-12-19/h4-10,15-16,19H,1,11-14,17H2,2-3H3/b24-16-. The van der Waals surface area contributed by atoms with Crippen LogP contribution in [0, 0.1) is 5.92 Å². The molecule has 1 saturated heterocycles. The number of hydrogen-bond acceptors (Lipinski definition) is 6. The summed E-state index contributed by atoms with van der Waals surface area (Å²) in [7, 11) is 3.52. The van der Waals surface area contributed by atoms with Crippen LogP contribution in [0.3, 0.4) is 0 Å². The topological polar surface area (TPSA) is 52.5 Å².